The standard InChI is InChI=1S/C46H65F4N5O6/c1-24(2)25-12-17-46(22-30(56)52-20-21-53-39(58)32-34(47)36(49)38(54-55-51)37(50)35(32)48)19-18-44(8)26(33(25)46)10-11-28-43(7)15-14-29(61-31(57)23-41(3,4)40(59)60)42(5,6)27(43)13-16-45(28,44)9/h24-29,33H,10-23H2,1-9H3,(H,52,56)(H,53,58)(H,59,60)/t25-,26+,27-,28+,29-,33+,43-,44+,45+,46+/m0/s1. The SMILES string of the molecule is CC(C)[C@@H]1CC[C@]2(CC(=O)NCCNC(=O)c3c(F)c(F)c(N=[N+]=[N-])c(F)c3F)CC[C@]3(C)[C@H](CC[C@@H]4[C@@]5(C)CC[C@H](OC(=O)CC(C)(C)C(=O)O)C(C)(C)[C@@H]5CC[C@]43C)[C@@H]12. The van der Waals surface area contributed by atoms with Crippen molar-refractivity contribution in [2.24, 2.45) is 73.1 Å². The number of carboxylic acids is 1. The van der Waals surface area contributed by atoms with E-state index < -0.39 is 57.8 Å². The number of amides is 2. The summed E-state index contributed by atoms with van der Waals surface area (Å²) in [7, 11) is 0. The fraction of sp³-hybridized carbons (Fsp3) is 0.783. The third-order valence-corrected chi connectivity index (χ3v) is 17.7. The second-order valence-electron chi connectivity index (χ2n) is 21.7. The first-order chi connectivity index (χ1) is 28.3. The largest absolute Gasteiger partial charge is 0.481 e. The summed E-state index contributed by atoms with van der Waals surface area (Å²) in [6.07, 6.45) is 9.67. The van der Waals surface area contributed by atoms with E-state index in [-0.39, 0.29) is 58.6 Å². The van der Waals surface area contributed by atoms with Gasteiger partial charge < -0.3 is 20.5 Å². The predicted octanol–water partition coefficient (Wildman–Crippen LogP) is 10.6. The number of esters is 1. The maximum absolute atomic E-state index is 14.6. The molecule has 1 aromatic rings. The number of hydrogen-bond acceptors (Lipinski definition) is 6. The number of halogens is 4. The summed E-state index contributed by atoms with van der Waals surface area (Å²) in [6.45, 7) is 19.4. The van der Waals surface area contributed by atoms with E-state index in [9.17, 15) is 41.8 Å². The Bertz CT molecular complexity index is 1980. The lowest BCUT2D eigenvalue weighted by atomic mass is 9.32. The molecule has 0 bridgehead atoms. The van der Waals surface area contributed by atoms with Gasteiger partial charge in [0.2, 0.25) is 5.91 Å². The Hall–Kier alpha value is -3.87. The lowest BCUT2D eigenvalue weighted by molar-refractivity contribution is -0.251. The van der Waals surface area contributed by atoms with Gasteiger partial charge in [0.05, 0.1) is 11.8 Å². The molecule has 0 aliphatic heterocycles. The molecule has 10 atom stereocenters. The molecule has 2 amide bonds. The van der Waals surface area contributed by atoms with E-state index in [4.69, 9.17) is 10.3 Å². The number of fused-ring (bicyclic) bond motifs is 7. The van der Waals surface area contributed by atoms with Crippen LogP contribution in [0.3, 0.4) is 0 Å². The molecule has 5 saturated carbocycles. The van der Waals surface area contributed by atoms with E-state index in [1.165, 1.54) is 0 Å². The van der Waals surface area contributed by atoms with Crippen LogP contribution < -0.4 is 10.6 Å². The molecular formula is C46H65F4N5O6. The number of carbonyl (C=O) groups is 4. The first-order valence-electron chi connectivity index (χ1n) is 22.2. The molecule has 5 aliphatic carbocycles. The molecule has 3 N–H and O–H groups in total. The summed E-state index contributed by atoms with van der Waals surface area (Å²) in [4.78, 5) is 53.4. The Morgan fingerprint density at radius 1 is 0.836 bits per heavy atom. The van der Waals surface area contributed by atoms with Crippen LogP contribution in [0.15, 0.2) is 5.11 Å². The van der Waals surface area contributed by atoms with Crippen molar-refractivity contribution in [3.05, 3.63) is 39.3 Å². The Balaban J connectivity index is 1.15. The highest BCUT2D eigenvalue weighted by atomic mass is 19.2. The fourth-order valence-electron chi connectivity index (χ4n) is 14.5. The Labute approximate surface area is 356 Å². The minimum atomic E-state index is -1.99. The zero-order valence-electron chi connectivity index (χ0n) is 37.3. The zero-order chi connectivity index (χ0) is 45.2. The van der Waals surface area contributed by atoms with E-state index in [0.717, 1.165) is 64.2 Å². The zero-order valence-corrected chi connectivity index (χ0v) is 37.3. The number of azide groups is 1. The van der Waals surface area contributed by atoms with Crippen molar-refractivity contribution in [3.8, 4) is 0 Å². The number of nitrogens with zero attached hydrogens (tertiary/aromatic N) is 3. The highest BCUT2D eigenvalue weighted by Crippen LogP contribution is 2.78. The molecule has 61 heavy (non-hydrogen) atoms. The van der Waals surface area contributed by atoms with Gasteiger partial charge in [0.1, 0.15) is 17.4 Å². The quantitative estimate of drug-likeness (QED) is 0.0359. The van der Waals surface area contributed by atoms with Gasteiger partial charge >= 0.3 is 11.9 Å². The topological polar surface area (TPSA) is 171 Å². The van der Waals surface area contributed by atoms with Gasteiger partial charge in [0, 0.05) is 29.8 Å². The molecule has 0 aromatic heterocycles. The van der Waals surface area contributed by atoms with E-state index in [0.29, 0.717) is 41.9 Å². The van der Waals surface area contributed by atoms with Crippen molar-refractivity contribution in [2.45, 2.75) is 145 Å². The normalized spacial score (nSPS) is 35.1. The minimum absolute atomic E-state index is 0.0277. The summed E-state index contributed by atoms with van der Waals surface area (Å²) in [5.41, 5.74) is 3.90. The van der Waals surface area contributed by atoms with Gasteiger partial charge in [-0.15, -0.1) is 0 Å². The monoisotopic (exact) mass is 859 g/mol. The molecule has 11 nitrogen and oxygen atoms in total. The molecule has 0 unspecified atom stereocenters. The number of nitrogens with one attached hydrogen (secondary N) is 2. The Morgan fingerprint density at radius 2 is 1.48 bits per heavy atom. The number of benzene rings is 1. The van der Waals surface area contributed by atoms with Crippen molar-refractivity contribution in [3.63, 3.8) is 0 Å². The summed E-state index contributed by atoms with van der Waals surface area (Å²) >= 11 is 0. The lowest BCUT2D eigenvalue weighted by Gasteiger charge is -2.73. The smallest absolute Gasteiger partial charge is 0.309 e. The summed E-state index contributed by atoms with van der Waals surface area (Å²) in [5.74, 6) is -8.59. The molecule has 338 valence electrons. The van der Waals surface area contributed by atoms with E-state index >= 15 is 0 Å². The number of carboxylic acid groups (broad SMARTS) is 1. The van der Waals surface area contributed by atoms with Gasteiger partial charge in [0.15, 0.2) is 23.3 Å². The van der Waals surface area contributed by atoms with E-state index in [1.54, 1.807) is 13.8 Å². The average molecular weight is 860 g/mol. The summed E-state index contributed by atoms with van der Waals surface area (Å²) < 4.78 is 63.8. The maximum atomic E-state index is 14.6. The van der Waals surface area contributed by atoms with Crippen molar-refractivity contribution in [1.82, 2.24) is 10.6 Å². The van der Waals surface area contributed by atoms with Gasteiger partial charge in [-0.05, 0) is 141 Å². The lowest BCUT2D eigenvalue weighted by Crippen LogP contribution is -2.67. The van der Waals surface area contributed by atoms with Gasteiger partial charge in [0.25, 0.3) is 5.91 Å². The molecule has 0 radical (unpaired) electrons. The third kappa shape index (κ3) is 7.60. The van der Waals surface area contributed by atoms with Gasteiger partial charge in [-0.1, -0.05) is 53.6 Å². The van der Waals surface area contributed by atoms with Crippen LogP contribution in [-0.2, 0) is 19.1 Å². The first-order valence-corrected chi connectivity index (χ1v) is 22.2. The van der Waals surface area contributed by atoms with Crippen LogP contribution in [0, 0.1) is 91.3 Å². The van der Waals surface area contributed by atoms with Crippen LogP contribution in [0.2, 0.25) is 0 Å². The molecule has 5 fully saturated rings. The number of ether oxygens (including phenoxy) is 1. The minimum Gasteiger partial charge on any atom is -0.481 e. The molecular weight excluding hydrogens is 795 g/mol. The molecule has 1 aromatic carbocycles. The van der Waals surface area contributed by atoms with Crippen molar-refractivity contribution >= 4 is 29.4 Å². The van der Waals surface area contributed by atoms with Crippen molar-refractivity contribution in [1.29, 1.82) is 0 Å². The number of carbonyl (C=O) groups excluding carboxylic acids is 3. The number of rotatable bonds is 12. The van der Waals surface area contributed by atoms with Gasteiger partial charge in [-0.2, -0.15) is 0 Å². The van der Waals surface area contributed by atoms with Crippen LogP contribution in [0.5, 0.6) is 0 Å². The number of hydrogen-bond donors (Lipinski definition) is 3. The molecule has 15 heteroatoms. The summed E-state index contributed by atoms with van der Waals surface area (Å²) in [6, 6.07) is 0. The molecule has 0 saturated heterocycles. The van der Waals surface area contributed by atoms with Crippen molar-refractivity contribution < 1.29 is 46.6 Å². The Kier molecular flexibility index (Phi) is 12.5. The predicted molar refractivity (Wildman–Crippen MR) is 220 cm³/mol. The molecule has 6 rings (SSSR count). The van der Waals surface area contributed by atoms with Crippen LogP contribution in [0.25, 0.3) is 10.4 Å². The van der Waals surface area contributed by atoms with Crippen LogP contribution >= 0.6 is 0 Å². The summed E-state index contributed by atoms with van der Waals surface area (Å²) in [5, 5.41) is 17.4. The van der Waals surface area contributed by atoms with Crippen molar-refractivity contribution in [2.75, 3.05) is 13.1 Å². The van der Waals surface area contributed by atoms with Crippen LogP contribution in [0.1, 0.15) is 150 Å². The first kappa shape index (κ1) is 46.6. The molecule has 5 aliphatic rings. The highest BCUT2D eigenvalue weighted by Gasteiger charge is 2.71. The van der Waals surface area contributed by atoms with Gasteiger partial charge in [-0.25, -0.2) is 17.6 Å². The number of aliphatic carboxylic acids is 1. The van der Waals surface area contributed by atoms with Crippen LogP contribution in [-0.4, -0.2) is 48.1 Å². The Morgan fingerprint density at radius 3 is 2.08 bits per heavy atom. The maximum Gasteiger partial charge on any atom is 0.309 e. The third-order valence-electron chi connectivity index (χ3n) is 17.7. The second-order valence-corrected chi connectivity index (χ2v) is 21.7. The van der Waals surface area contributed by atoms with Crippen LogP contribution in [0.4, 0.5) is 23.2 Å². The second kappa shape index (κ2) is 16.4. The van der Waals surface area contributed by atoms with E-state index in [2.05, 4.69) is 69.1 Å². The average Bonchev–Trinajstić information content (AvgIpc) is 3.55. The van der Waals surface area contributed by atoms with E-state index in [1.807, 2.05) is 0 Å². The molecule has 0 heterocycles. The molecule has 0 spiro atoms. The van der Waals surface area contributed by atoms with Gasteiger partial charge in [-0.3, -0.25) is 19.2 Å². The highest BCUT2D eigenvalue weighted by molar-refractivity contribution is 5.95. The fourth-order valence-corrected chi connectivity index (χ4v) is 14.5.